The molecule has 136 valence electrons. The van der Waals surface area contributed by atoms with Crippen LogP contribution in [0.5, 0.6) is 0 Å². The number of rotatable bonds is 6. The minimum absolute atomic E-state index is 0.0779. The van der Waals surface area contributed by atoms with Crippen molar-refractivity contribution in [1.82, 2.24) is 0 Å². The first-order valence-electron chi connectivity index (χ1n) is 6.76. The second-order valence-corrected chi connectivity index (χ2v) is 9.47. The predicted octanol–water partition coefficient (Wildman–Crippen LogP) is 6.01. The van der Waals surface area contributed by atoms with Gasteiger partial charge in [0.25, 0.3) is 0 Å². The molecule has 0 fully saturated rings. The molecule has 0 radical (unpaired) electrons. The van der Waals surface area contributed by atoms with Gasteiger partial charge in [0.05, 0.1) is 0 Å². The highest BCUT2D eigenvalue weighted by molar-refractivity contribution is 9.10. The van der Waals surface area contributed by atoms with E-state index >= 15 is 0 Å². The third-order valence-electron chi connectivity index (χ3n) is 3.26. The van der Waals surface area contributed by atoms with E-state index in [2.05, 4.69) is 31.9 Å². The molecular weight excluding hydrogens is 508 g/mol. The summed E-state index contributed by atoms with van der Waals surface area (Å²) in [4.78, 5) is 17.6. The number of hydrogen-bond acceptors (Lipinski definition) is 2. The fraction of sp³-hybridized carbons (Fsp3) is 0.200. The van der Waals surface area contributed by atoms with Crippen LogP contribution in [0.3, 0.4) is 0 Å². The number of alkyl halides is 2. The first kappa shape index (κ1) is 21.0. The lowest BCUT2D eigenvalue weighted by molar-refractivity contribution is 0.0557. The van der Waals surface area contributed by atoms with Gasteiger partial charge in [0.1, 0.15) is 5.82 Å². The van der Waals surface area contributed by atoms with Crippen molar-refractivity contribution in [1.29, 1.82) is 0 Å². The highest BCUT2D eigenvalue weighted by Gasteiger charge is 2.51. The summed E-state index contributed by atoms with van der Waals surface area (Å²) in [5, 5.41) is 0. The maximum absolute atomic E-state index is 13.8. The molecule has 0 unspecified atom stereocenters. The van der Waals surface area contributed by atoms with Gasteiger partial charge in [-0.05, 0) is 35.4 Å². The van der Waals surface area contributed by atoms with E-state index in [4.69, 9.17) is 9.79 Å². The standard InChI is InChI=1S/C15H12Br2F3O3PS/c16-13-4-2-11(18)6-10(13)8-25-7-9-1-3-12(14(17)5-9)15(19,20)24(21,22)23/h1-6H,7-8H2,(H2,21,22,23). The van der Waals surface area contributed by atoms with Crippen molar-refractivity contribution in [2.24, 2.45) is 0 Å². The maximum Gasteiger partial charge on any atom is 0.399 e. The summed E-state index contributed by atoms with van der Waals surface area (Å²) >= 11 is 7.73. The van der Waals surface area contributed by atoms with Crippen molar-refractivity contribution in [3.63, 3.8) is 0 Å². The van der Waals surface area contributed by atoms with Crippen LogP contribution < -0.4 is 0 Å². The van der Waals surface area contributed by atoms with E-state index in [1.807, 2.05) is 0 Å². The highest BCUT2D eigenvalue weighted by atomic mass is 79.9. The van der Waals surface area contributed by atoms with Crippen molar-refractivity contribution in [2.75, 3.05) is 0 Å². The Labute approximate surface area is 163 Å². The van der Waals surface area contributed by atoms with Crippen LogP contribution in [0, 0.1) is 5.82 Å². The lowest BCUT2D eigenvalue weighted by Gasteiger charge is -2.19. The number of halogens is 5. The van der Waals surface area contributed by atoms with E-state index in [0.29, 0.717) is 17.1 Å². The predicted molar refractivity (Wildman–Crippen MR) is 99.2 cm³/mol. The Morgan fingerprint density at radius 3 is 2.32 bits per heavy atom. The molecule has 0 saturated carbocycles. The van der Waals surface area contributed by atoms with E-state index in [1.54, 1.807) is 6.07 Å². The van der Waals surface area contributed by atoms with Crippen molar-refractivity contribution in [2.45, 2.75) is 17.2 Å². The quantitative estimate of drug-likeness (QED) is 0.459. The molecule has 0 heterocycles. The number of benzene rings is 2. The van der Waals surface area contributed by atoms with Crippen LogP contribution in [0.2, 0.25) is 0 Å². The van der Waals surface area contributed by atoms with E-state index in [-0.39, 0.29) is 10.3 Å². The van der Waals surface area contributed by atoms with Crippen molar-refractivity contribution in [3.8, 4) is 0 Å². The summed E-state index contributed by atoms with van der Waals surface area (Å²) in [6.45, 7) is 0. The fourth-order valence-corrected chi connectivity index (χ4v) is 4.87. The Kier molecular flexibility index (Phi) is 6.84. The van der Waals surface area contributed by atoms with Gasteiger partial charge < -0.3 is 9.79 Å². The molecule has 3 nitrogen and oxygen atoms in total. The summed E-state index contributed by atoms with van der Waals surface area (Å²) in [7, 11) is -5.61. The molecule has 0 saturated heterocycles. The van der Waals surface area contributed by atoms with Crippen LogP contribution in [0.25, 0.3) is 0 Å². The minimum atomic E-state index is -5.61. The molecule has 2 aromatic rings. The molecule has 0 aliphatic carbocycles. The molecule has 0 bridgehead atoms. The van der Waals surface area contributed by atoms with Crippen LogP contribution in [-0.4, -0.2) is 9.79 Å². The summed E-state index contributed by atoms with van der Waals surface area (Å²) in [6.07, 6.45) is 0. The van der Waals surface area contributed by atoms with Gasteiger partial charge >= 0.3 is 13.3 Å². The summed E-state index contributed by atoms with van der Waals surface area (Å²) in [5.41, 5.74) is -3.56. The largest absolute Gasteiger partial charge is 0.399 e. The zero-order valence-electron chi connectivity index (χ0n) is 12.4. The van der Waals surface area contributed by atoms with Gasteiger partial charge in [-0.25, -0.2) is 4.39 Å². The van der Waals surface area contributed by atoms with Gasteiger partial charge in [0, 0.05) is 26.0 Å². The van der Waals surface area contributed by atoms with Gasteiger partial charge in [-0.2, -0.15) is 20.5 Å². The summed E-state index contributed by atoms with van der Waals surface area (Å²) in [6, 6.07) is 8.15. The van der Waals surface area contributed by atoms with Crippen LogP contribution in [0.1, 0.15) is 16.7 Å². The van der Waals surface area contributed by atoms with Crippen LogP contribution >= 0.6 is 51.2 Å². The highest BCUT2D eigenvalue weighted by Crippen LogP contribution is 2.60. The second kappa shape index (κ2) is 8.15. The molecular formula is C15H12Br2F3O3PS. The Morgan fingerprint density at radius 1 is 1.04 bits per heavy atom. The third-order valence-corrected chi connectivity index (χ3v) is 6.71. The lowest BCUT2D eigenvalue weighted by Crippen LogP contribution is -2.14. The Balaban J connectivity index is 2.09. The monoisotopic (exact) mass is 518 g/mol. The average Bonchev–Trinajstić information content (AvgIpc) is 2.49. The molecule has 0 amide bonds. The van der Waals surface area contributed by atoms with E-state index in [1.165, 1.54) is 36.0 Å². The van der Waals surface area contributed by atoms with Gasteiger partial charge in [-0.15, -0.1) is 0 Å². The minimum Gasteiger partial charge on any atom is -0.320 e. The topological polar surface area (TPSA) is 57.5 Å². The maximum atomic E-state index is 13.8. The Hall–Kier alpha value is -0.310. The Bertz CT molecular complexity index is 830. The first-order chi connectivity index (χ1) is 11.5. The molecule has 0 atom stereocenters. The molecule has 0 aliphatic rings. The van der Waals surface area contributed by atoms with Crippen molar-refractivity contribution < 1.29 is 27.5 Å². The molecule has 0 spiro atoms. The fourth-order valence-electron chi connectivity index (χ4n) is 1.98. The van der Waals surface area contributed by atoms with Gasteiger partial charge in [0.15, 0.2) is 0 Å². The first-order valence-corrected chi connectivity index (χ1v) is 11.1. The third kappa shape index (κ3) is 5.11. The van der Waals surface area contributed by atoms with Crippen LogP contribution in [0.4, 0.5) is 13.2 Å². The zero-order chi connectivity index (χ0) is 18.8. The molecule has 10 heteroatoms. The molecule has 2 rings (SSSR count). The van der Waals surface area contributed by atoms with Crippen LogP contribution in [0.15, 0.2) is 45.3 Å². The second-order valence-electron chi connectivity index (χ2n) is 5.13. The van der Waals surface area contributed by atoms with Gasteiger partial charge in [0.2, 0.25) is 0 Å². The molecule has 2 N–H and O–H groups in total. The summed E-state index contributed by atoms with van der Waals surface area (Å²) in [5.74, 6) is 0.630. The summed E-state index contributed by atoms with van der Waals surface area (Å²) < 4.78 is 52.4. The zero-order valence-corrected chi connectivity index (χ0v) is 17.3. The van der Waals surface area contributed by atoms with E-state index in [9.17, 15) is 17.7 Å². The number of thioether (sulfide) groups is 1. The Morgan fingerprint density at radius 2 is 1.72 bits per heavy atom. The molecule has 0 aromatic heterocycles. The normalized spacial score (nSPS) is 12.4. The number of hydrogen-bond donors (Lipinski definition) is 2. The van der Waals surface area contributed by atoms with Gasteiger partial charge in [-0.3, -0.25) is 4.57 Å². The van der Waals surface area contributed by atoms with Gasteiger partial charge in [-0.1, -0.05) is 44.0 Å². The lowest BCUT2D eigenvalue weighted by atomic mass is 10.1. The SMILES string of the molecule is O=P(O)(O)C(F)(F)c1ccc(CSCc2cc(F)ccc2Br)cc1Br. The molecule has 25 heavy (non-hydrogen) atoms. The molecule has 2 aromatic carbocycles. The molecule has 0 aliphatic heterocycles. The van der Waals surface area contributed by atoms with Crippen molar-refractivity contribution >= 4 is 51.2 Å². The van der Waals surface area contributed by atoms with E-state index < -0.39 is 18.8 Å². The van der Waals surface area contributed by atoms with E-state index in [0.717, 1.165) is 16.1 Å². The van der Waals surface area contributed by atoms with Crippen LogP contribution in [-0.2, 0) is 21.7 Å². The smallest absolute Gasteiger partial charge is 0.320 e. The average molecular weight is 520 g/mol. The van der Waals surface area contributed by atoms with Crippen molar-refractivity contribution in [3.05, 3.63) is 67.9 Å².